The number of amides is 1. The number of piperidine rings is 1. The number of hydrogen-bond acceptors (Lipinski definition) is 5. The van der Waals surface area contributed by atoms with E-state index in [1.54, 1.807) is 14.2 Å². The molecule has 3 rings (SSSR count). The Bertz CT molecular complexity index is 789. The Morgan fingerprint density at radius 3 is 2.41 bits per heavy atom. The van der Waals surface area contributed by atoms with Crippen molar-refractivity contribution in [2.75, 3.05) is 32.6 Å². The number of benzene rings is 2. The normalized spacial score (nSPS) is 16.1. The number of likely N-dealkylation sites (tertiary alicyclic amines) is 1. The molecule has 2 aromatic rings. The highest BCUT2D eigenvalue weighted by molar-refractivity contribution is 5.81. The number of methoxy groups -OCH3 is 2. The van der Waals surface area contributed by atoms with Gasteiger partial charge in [-0.2, -0.15) is 0 Å². The molecule has 0 aliphatic carbocycles. The lowest BCUT2D eigenvalue weighted by Gasteiger charge is -2.36. The average Bonchev–Trinajstić information content (AvgIpc) is 2.78. The van der Waals surface area contributed by atoms with Crippen LogP contribution in [0.25, 0.3) is 0 Å². The maximum absolute atomic E-state index is 12.6. The minimum absolute atomic E-state index is 0.0502. The second-order valence-electron chi connectivity index (χ2n) is 7.40. The third-order valence-electron chi connectivity index (χ3n) is 5.52. The van der Waals surface area contributed by atoms with Crippen LogP contribution in [0.15, 0.2) is 48.5 Å². The zero-order chi connectivity index (χ0) is 20.6. The number of rotatable bonds is 8. The molecule has 6 nitrogen and oxygen atoms in total. The molecule has 1 aliphatic heterocycles. The van der Waals surface area contributed by atoms with Crippen LogP contribution < -0.4 is 20.1 Å². The van der Waals surface area contributed by atoms with Crippen molar-refractivity contribution in [2.24, 2.45) is 0 Å². The minimum Gasteiger partial charge on any atom is -0.493 e. The standard InChI is InChI=1S/C23H31N3O3/c1-17(23(27)24-16-18-9-10-21(28-2)22(15-18)29-3)26-13-11-20(12-14-26)25-19-7-5-4-6-8-19/h4-10,15,17,20,25H,11-14,16H2,1-3H3,(H,24,27). The molecule has 1 unspecified atom stereocenters. The summed E-state index contributed by atoms with van der Waals surface area (Å²) in [5.41, 5.74) is 2.14. The van der Waals surface area contributed by atoms with Gasteiger partial charge in [0.05, 0.1) is 20.3 Å². The number of nitrogens with one attached hydrogen (secondary N) is 2. The summed E-state index contributed by atoms with van der Waals surface area (Å²) < 4.78 is 10.6. The third-order valence-corrected chi connectivity index (χ3v) is 5.52. The van der Waals surface area contributed by atoms with Crippen molar-refractivity contribution in [1.82, 2.24) is 10.2 Å². The Morgan fingerprint density at radius 1 is 1.07 bits per heavy atom. The van der Waals surface area contributed by atoms with E-state index in [0.29, 0.717) is 24.1 Å². The van der Waals surface area contributed by atoms with Crippen LogP contribution in [-0.2, 0) is 11.3 Å². The zero-order valence-corrected chi connectivity index (χ0v) is 17.5. The van der Waals surface area contributed by atoms with Crippen molar-refractivity contribution in [3.63, 3.8) is 0 Å². The Balaban J connectivity index is 1.46. The lowest BCUT2D eigenvalue weighted by atomic mass is 10.0. The van der Waals surface area contributed by atoms with Crippen LogP contribution in [0, 0.1) is 0 Å². The molecular weight excluding hydrogens is 366 g/mol. The van der Waals surface area contributed by atoms with E-state index in [1.807, 2.05) is 43.3 Å². The molecule has 6 heteroatoms. The Labute approximate surface area is 173 Å². The fourth-order valence-corrected chi connectivity index (χ4v) is 3.69. The molecular formula is C23H31N3O3. The van der Waals surface area contributed by atoms with Gasteiger partial charge >= 0.3 is 0 Å². The van der Waals surface area contributed by atoms with Crippen molar-refractivity contribution in [3.8, 4) is 11.5 Å². The molecule has 2 N–H and O–H groups in total. The highest BCUT2D eigenvalue weighted by Crippen LogP contribution is 2.27. The smallest absolute Gasteiger partial charge is 0.237 e. The van der Waals surface area contributed by atoms with Crippen LogP contribution in [0.3, 0.4) is 0 Å². The quantitative estimate of drug-likeness (QED) is 0.716. The van der Waals surface area contributed by atoms with Gasteiger partial charge in [-0.3, -0.25) is 9.69 Å². The number of nitrogens with zero attached hydrogens (tertiary/aromatic N) is 1. The van der Waals surface area contributed by atoms with Gasteiger partial charge in [-0.15, -0.1) is 0 Å². The Kier molecular flexibility index (Phi) is 7.36. The van der Waals surface area contributed by atoms with Crippen molar-refractivity contribution in [3.05, 3.63) is 54.1 Å². The first kappa shape index (κ1) is 21.0. The van der Waals surface area contributed by atoms with Gasteiger partial charge in [-0.05, 0) is 49.6 Å². The number of carbonyl (C=O) groups excluding carboxylic acids is 1. The highest BCUT2D eigenvalue weighted by atomic mass is 16.5. The van der Waals surface area contributed by atoms with Crippen LogP contribution in [0.2, 0.25) is 0 Å². The maximum Gasteiger partial charge on any atom is 0.237 e. The monoisotopic (exact) mass is 397 g/mol. The van der Waals surface area contributed by atoms with E-state index in [2.05, 4.69) is 27.7 Å². The molecule has 1 heterocycles. The second kappa shape index (κ2) is 10.2. The molecule has 1 atom stereocenters. The van der Waals surface area contributed by atoms with Crippen LogP contribution in [0.1, 0.15) is 25.3 Å². The van der Waals surface area contributed by atoms with E-state index >= 15 is 0 Å². The fraction of sp³-hybridized carbons (Fsp3) is 0.435. The summed E-state index contributed by atoms with van der Waals surface area (Å²) in [5.74, 6) is 1.40. The highest BCUT2D eigenvalue weighted by Gasteiger charge is 2.26. The molecule has 1 fully saturated rings. The van der Waals surface area contributed by atoms with E-state index < -0.39 is 0 Å². The summed E-state index contributed by atoms with van der Waals surface area (Å²) in [6.45, 7) is 4.27. The number of anilines is 1. The van der Waals surface area contributed by atoms with E-state index in [0.717, 1.165) is 37.2 Å². The number of ether oxygens (including phenoxy) is 2. The van der Waals surface area contributed by atoms with Crippen molar-refractivity contribution in [2.45, 2.75) is 38.4 Å². The lowest BCUT2D eigenvalue weighted by molar-refractivity contribution is -0.126. The predicted molar refractivity (Wildman–Crippen MR) is 116 cm³/mol. The second-order valence-corrected chi connectivity index (χ2v) is 7.40. The zero-order valence-electron chi connectivity index (χ0n) is 17.5. The van der Waals surface area contributed by atoms with Crippen LogP contribution in [0.5, 0.6) is 11.5 Å². The molecule has 29 heavy (non-hydrogen) atoms. The summed E-state index contributed by atoms with van der Waals surface area (Å²) in [4.78, 5) is 14.9. The molecule has 0 radical (unpaired) electrons. The summed E-state index contributed by atoms with van der Waals surface area (Å²) in [6.07, 6.45) is 2.06. The van der Waals surface area contributed by atoms with Gasteiger partial charge in [0.15, 0.2) is 11.5 Å². The van der Waals surface area contributed by atoms with E-state index in [9.17, 15) is 4.79 Å². The van der Waals surface area contributed by atoms with Crippen molar-refractivity contribution >= 4 is 11.6 Å². The van der Waals surface area contributed by atoms with Gasteiger partial charge in [-0.1, -0.05) is 24.3 Å². The van der Waals surface area contributed by atoms with E-state index in [1.165, 1.54) is 0 Å². The first-order valence-corrected chi connectivity index (χ1v) is 10.1. The number of hydrogen-bond donors (Lipinski definition) is 2. The fourth-order valence-electron chi connectivity index (χ4n) is 3.69. The first-order chi connectivity index (χ1) is 14.1. The summed E-state index contributed by atoms with van der Waals surface area (Å²) in [6, 6.07) is 16.3. The lowest BCUT2D eigenvalue weighted by Crippen LogP contribution is -2.49. The van der Waals surface area contributed by atoms with Gasteiger partial charge in [0.1, 0.15) is 0 Å². The molecule has 1 saturated heterocycles. The van der Waals surface area contributed by atoms with Gasteiger partial charge in [-0.25, -0.2) is 0 Å². The molecule has 1 amide bonds. The molecule has 0 spiro atoms. The van der Waals surface area contributed by atoms with Crippen LogP contribution in [0.4, 0.5) is 5.69 Å². The molecule has 0 saturated carbocycles. The van der Waals surface area contributed by atoms with E-state index in [4.69, 9.17) is 9.47 Å². The average molecular weight is 398 g/mol. The molecule has 2 aromatic carbocycles. The molecule has 156 valence electrons. The number of para-hydroxylation sites is 1. The predicted octanol–water partition coefficient (Wildman–Crippen LogP) is 3.29. The minimum atomic E-state index is -0.146. The molecule has 0 aromatic heterocycles. The largest absolute Gasteiger partial charge is 0.493 e. The summed E-state index contributed by atoms with van der Waals surface area (Å²) >= 11 is 0. The van der Waals surface area contributed by atoms with Gasteiger partial charge < -0.3 is 20.1 Å². The summed E-state index contributed by atoms with van der Waals surface area (Å²) in [5, 5.41) is 6.63. The topological polar surface area (TPSA) is 62.8 Å². The van der Waals surface area contributed by atoms with Crippen molar-refractivity contribution < 1.29 is 14.3 Å². The van der Waals surface area contributed by atoms with Gasteiger partial charge in [0, 0.05) is 31.4 Å². The van der Waals surface area contributed by atoms with Gasteiger partial charge in [0.25, 0.3) is 0 Å². The maximum atomic E-state index is 12.6. The molecule has 1 aliphatic rings. The van der Waals surface area contributed by atoms with Crippen molar-refractivity contribution in [1.29, 1.82) is 0 Å². The van der Waals surface area contributed by atoms with Crippen LogP contribution in [-0.4, -0.2) is 50.2 Å². The Hall–Kier alpha value is -2.73. The SMILES string of the molecule is COc1ccc(CNC(=O)C(C)N2CCC(Nc3ccccc3)CC2)cc1OC. The first-order valence-electron chi connectivity index (χ1n) is 10.1. The summed E-state index contributed by atoms with van der Waals surface area (Å²) in [7, 11) is 3.22. The Morgan fingerprint density at radius 2 is 1.76 bits per heavy atom. The molecule has 0 bridgehead atoms. The third kappa shape index (κ3) is 5.64. The number of carbonyl (C=O) groups is 1. The van der Waals surface area contributed by atoms with E-state index in [-0.39, 0.29) is 11.9 Å². The van der Waals surface area contributed by atoms with Gasteiger partial charge in [0.2, 0.25) is 5.91 Å². The van der Waals surface area contributed by atoms with Crippen LogP contribution >= 0.6 is 0 Å².